The fourth-order valence-electron chi connectivity index (χ4n) is 2.33. The monoisotopic (exact) mass is 231 g/mol. The highest BCUT2D eigenvalue weighted by Gasteiger charge is 2.23. The molecule has 0 aromatic rings. The van der Waals surface area contributed by atoms with Gasteiger partial charge in [-0.2, -0.15) is 0 Å². The van der Waals surface area contributed by atoms with Gasteiger partial charge in [-0.1, -0.05) is 33.6 Å². The third kappa shape index (κ3) is 5.21. The lowest BCUT2D eigenvalue weighted by Gasteiger charge is -2.31. The van der Waals surface area contributed by atoms with E-state index >= 15 is 0 Å². The van der Waals surface area contributed by atoms with Crippen molar-refractivity contribution < 1.29 is 0 Å². The zero-order chi connectivity index (χ0) is 11.3. The molecular formula is C13H26ClN. The van der Waals surface area contributed by atoms with Crippen LogP contribution in [-0.2, 0) is 0 Å². The molecule has 15 heavy (non-hydrogen) atoms. The Hall–Kier alpha value is 0.250. The summed E-state index contributed by atoms with van der Waals surface area (Å²) in [6, 6.07) is 0.825. The molecule has 1 nitrogen and oxygen atoms in total. The first-order valence-electron chi connectivity index (χ1n) is 6.33. The van der Waals surface area contributed by atoms with Crippen molar-refractivity contribution in [3.05, 3.63) is 0 Å². The van der Waals surface area contributed by atoms with Gasteiger partial charge in [-0.15, -0.1) is 11.6 Å². The summed E-state index contributed by atoms with van der Waals surface area (Å²) in [6.07, 6.45) is 6.89. The smallest absolute Gasteiger partial charge is 0.0351 e. The second-order valence-corrected chi connectivity index (χ2v) is 6.35. The summed E-state index contributed by atoms with van der Waals surface area (Å²) in [7, 11) is 0. The van der Waals surface area contributed by atoms with E-state index in [2.05, 4.69) is 25.7 Å². The number of hydrogen-bond donors (Lipinski definition) is 0. The van der Waals surface area contributed by atoms with Gasteiger partial charge in [0.25, 0.3) is 0 Å². The summed E-state index contributed by atoms with van der Waals surface area (Å²) in [5, 5.41) is 0. The Kier molecular flexibility index (Phi) is 5.42. The minimum Gasteiger partial charge on any atom is -0.299 e. The summed E-state index contributed by atoms with van der Waals surface area (Å²) < 4.78 is 0. The van der Waals surface area contributed by atoms with E-state index < -0.39 is 0 Å². The van der Waals surface area contributed by atoms with Crippen LogP contribution in [0.3, 0.4) is 0 Å². The van der Waals surface area contributed by atoms with Crippen molar-refractivity contribution in [1.82, 2.24) is 4.90 Å². The summed E-state index contributed by atoms with van der Waals surface area (Å²) in [6.45, 7) is 9.25. The minimum atomic E-state index is 0.448. The normalized spacial score (nSPS) is 19.0. The molecular weight excluding hydrogens is 206 g/mol. The topological polar surface area (TPSA) is 3.24 Å². The summed E-state index contributed by atoms with van der Waals surface area (Å²) >= 11 is 5.88. The Labute approximate surface area is 100 Å². The third-order valence-corrected chi connectivity index (χ3v) is 3.53. The predicted molar refractivity (Wildman–Crippen MR) is 68.6 cm³/mol. The molecule has 1 rings (SSSR count). The molecule has 0 unspecified atom stereocenters. The minimum absolute atomic E-state index is 0.448. The van der Waals surface area contributed by atoms with E-state index in [1.807, 2.05) is 0 Å². The SMILES string of the molecule is CC(C)(C)CCN(CCCl)C1CCCC1. The van der Waals surface area contributed by atoms with Gasteiger partial charge in [0.05, 0.1) is 0 Å². The second kappa shape index (κ2) is 6.10. The van der Waals surface area contributed by atoms with E-state index in [-0.39, 0.29) is 0 Å². The van der Waals surface area contributed by atoms with Gasteiger partial charge in [0.15, 0.2) is 0 Å². The number of hydrogen-bond acceptors (Lipinski definition) is 1. The van der Waals surface area contributed by atoms with Gasteiger partial charge < -0.3 is 0 Å². The van der Waals surface area contributed by atoms with Crippen LogP contribution < -0.4 is 0 Å². The van der Waals surface area contributed by atoms with Crippen LogP contribution in [0.1, 0.15) is 52.9 Å². The van der Waals surface area contributed by atoms with E-state index in [1.165, 1.54) is 38.6 Å². The quantitative estimate of drug-likeness (QED) is 0.649. The lowest BCUT2D eigenvalue weighted by molar-refractivity contribution is 0.180. The maximum atomic E-state index is 5.88. The number of rotatable bonds is 5. The Balaban J connectivity index is 2.35. The van der Waals surface area contributed by atoms with Crippen LogP contribution in [0.2, 0.25) is 0 Å². The lowest BCUT2D eigenvalue weighted by atomic mass is 9.92. The van der Waals surface area contributed by atoms with Crippen LogP contribution in [0, 0.1) is 5.41 Å². The molecule has 0 aromatic heterocycles. The van der Waals surface area contributed by atoms with Crippen LogP contribution in [0.25, 0.3) is 0 Å². The Morgan fingerprint density at radius 2 is 1.73 bits per heavy atom. The molecule has 0 N–H and O–H groups in total. The highest BCUT2D eigenvalue weighted by atomic mass is 35.5. The first kappa shape index (κ1) is 13.3. The van der Waals surface area contributed by atoms with Crippen molar-refractivity contribution in [2.75, 3.05) is 19.0 Å². The molecule has 90 valence electrons. The Morgan fingerprint density at radius 1 is 1.13 bits per heavy atom. The van der Waals surface area contributed by atoms with Crippen molar-refractivity contribution in [1.29, 1.82) is 0 Å². The number of alkyl halides is 1. The molecule has 0 aliphatic heterocycles. The van der Waals surface area contributed by atoms with Gasteiger partial charge in [-0.3, -0.25) is 4.90 Å². The van der Waals surface area contributed by atoms with Gasteiger partial charge in [0.1, 0.15) is 0 Å². The Bertz CT molecular complexity index is 168. The van der Waals surface area contributed by atoms with E-state index in [0.29, 0.717) is 5.41 Å². The van der Waals surface area contributed by atoms with Crippen molar-refractivity contribution in [2.45, 2.75) is 58.9 Å². The van der Waals surface area contributed by atoms with Crippen LogP contribution in [0.15, 0.2) is 0 Å². The highest BCUT2D eigenvalue weighted by molar-refractivity contribution is 6.18. The predicted octanol–water partition coefficient (Wildman–Crippen LogP) is 3.91. The first-order valence-corrected chi connectivity index (χ1v) is 6.86. The highest BCUT2D eigenvalue weighted by Crippen LogP contribution is 2.26. The lowest BCUT2D eigenvalue weighted by Crippen LogP contribution is -2.37. The van der Waals surface area contributed by atoms with Crippen molar-refractivity contribution in [3.8, 4) is 0 Å². The second-order valence-electron chi connectivity index (χ2n) is 5.97. The molecule has 0 heterocycles. The van der Waals surface area contributed by atoms with Gasteiger partial charge in [0, 0.05) is 18.5 Å². The maximum absolute atomic E-state index is 5.88. The van der Waals surface area contributed by atoms with Gasteiger partial charge in [0.2, 0.25) is 0 Å². The number of nitrogens with zero attached hydrogens (tertiary/aromatic N) is 1. The van der Waals surface area contributed by atoms with E-state index in [4.69, 9.17) is 11.6 Å². The standard InChI is InChI=1S/C13H26ClN/c1-13(2,3)8-10-15(11-9-14)12-6-4-5-7-12/h12H,4-11H2,1-3H3. The molecule has 0 bridgehead atoms. The zero-order valence-corrected chi connectivity index (χ0v) is 11.3. The van der Waals surface area contributed by atoms with E-state index in [9.17, 15) is 0 Å². The Morgan fingerprint density at radius 3 is 2.20 bits per heavy atom. The molecule has 1 aliphatic rings. The fourth-order valence-corrected chi connectivity index (χ4v) is 2.55. The summed E-state index contributed by atoms with van der Waals surface area (Å²) in [5.74, 6) is 0.778. The van der Waals surface area contributed by atoms with Crippen LogP contribution in [0.4, 0.5) is 0 Å². The van der Waals surface area contributed by atoms with Gasteiger partial charge in [-0.05, 0) is 31.2 Å². The van der Waals surface area contributed by atoms with Crippen molar-refractivity contribution in [2.24, 2.45) is 5.41 Å². The van der Waals surface area contributed by atoms with Gasteiger partial charge in [-0.25, -0.2) is 0 Å². The van der Waals surface area contributed by atoms with Crippen molar-refractivity contribution >= 4 is 11.6 Å². The third-order valence-electron chi connectivity index (χ3n) is 3.36. The largest absolute Gasteiger partial charge is 0.299 e. The molecule has 1 saturated carbocycles. The molecule has 0 aromatic carbocycles. The molecule has 1 fully saturated rings. The average Bonchev–Trinajstić information content (AvgIpc) is 2.63. The maximum Gasteiger partial charge on any atom is 0.0351 e. The zero-order valence-electron chi connectivity index (χ0n) is 10.6. The van der Waals surface area contributed by atoms with Crippen LogP contribution in [0.5, 0.6) is 0 Å². The molecule has 0 spiro atoms. The molecule has 0 amide bonds. The molecule has 0 saturated heterocycles. The molecule has 0 atom stereocenters. The van der Waals surface area contributed by atoms with Crippen LogP contribution >= 0.6 is 11.6 Å². The summed E-state index contributed by atoms with van der Waals surface area (Å²) in [5.41, 5.74) is 0.448. The van der Waals surface area contributed by atoms with E-state index in [0.717, 1.165) is 18.5 Å². The molecule has 2 heteroatoms. The van der Waals surface area contributed by atoms with Crippen LogP contribution in [-0.4, -0.2) is 29.9 Å². The van der Waals surface area contributed by atoms with E-state index in [1.54, 1.807) is 0 Å². The number of halogens is 1. The fraction of sp³-hybridized carbons (Fsp3) is 1.00. The van der Waals surface area contributed by atoms with Gasteiger partial charge >= 0.3 is 0 Å². The average molecular weight is 232 g/mol. The summed E-state index contributed by atoms with van der Waals surface area (Å²) in [4.78, 5) is 2.62. The van der Waals surface area contributed by atoms with Crippen molar-refractivity contribution in [3.63, 3.8) is 0 Å². The first-order chi connectivity index (χ1) is 7.03. The molecule has 0 radical (unpaired) electrons. The molecule has 1 aliphatic carbocycles.